The van der Waals surface area contributed by atoms with Crippen molar-refractivity contribution in [3.8, 4) is 0 Å². The molecule has 0 saturated carbocycles. The summed E-state index contributed by atoms with van der Waals surface area (Å²) in [7, 11) is 0. The molecule has 1 fully saturated rings. The van der Waals surface area contributed by atoms with Gasteiger partial charge in [0.2, 0.25) is 5.91 Å². The van der Waals surface area contributed by atoms with Crippen LogP contribution in [0.2, 0.25) is 0 Å². The molecular formula is C18H20N2O3S. The van der Waals surface area contributed by atoms with Gasteiger partial charge >= 0.3 is 0 Å². The van der Waals surface area contributed by atoms with Crippen molar-refractivity contribution in [2.75, 3.05) is 17.2 Å². The molecule has 1 aliphatic rings. The molecule has 0 unspecified atom stereocenters. The van der Waals surface area contributed by atoms with Crippen molar-refractivity contribution in [1.29, 1.82) is 0 Å². The van der Waals surface area contributed by atoms with Crippen LogP contribution in [0.3, 0.4) is 0 Å². The first-order valence-electron chi connectivity index (χ1n) is 8.07. The van der Waals surface area contributed by atoms with E-state index in [-0.39, 0.29) is 17.9 Å². The zero-order chi connectivity index (χ0) is 16.8. The van der Waals surface area contributed by atoms with Crippen LogP contribution in [0.1, 0.15) is 35.4 Å². The van der Waals surface area contributed by atoms with Gasteiger partial charge in [-0.1, -0.05) is 6.07 Å². The van der Waals surface area contributed by atoms with Gasteiger partial charge in [-0.05, 0) is 55.0 Å². The van der Waals surface area contributed by atoms with E-state index in [4.69, 9.17) is 4.74 Å². The average molecular weight is 344 g/mol. The highest BCUT2D eigenvalue weighted by Crippen LogP contribution is 2.19. The number of hydrogen-bond donors (Lipinski definition) is 2. The van der Waals surface area contributed by atoms with E-state index in [1.54, 1.807) is 30.3 Å². The summed E-state index contributed by atoms with van der Waals surface area (Å²) in [5.41, 5.74) is 1.41. The highest BCUT2D eigenvalue weighted by atomic mass is 32.1. The van der Waals surface area contributed by atoms with E-state index in [9.17, 15) is 9.59 Å². The lowest BCUT2D eigenvalue weighted by molar-refractivity contribution is -0.119. The molecule has 0 radical (unpaired) electrons. The number of benzene rings is 1. The van der Waals surface area contributed by atoms with E-state index in [1.165, 1.54) is 11.3 Å². The molecule has 6 heteroatoms. The number of ether oxygens (including phenoxy) is 1. The number of carbonyl (C=O) groups is 2. The number of amides is 2. The fourth-order valence-electron chi connectivity index (χ4n) is 2.62. The van der Waals surface area contributed by atoms with Crippen molar-refractivity contribution in [2.45, 2.75) is 31.8 Å². The Labute approximate surface area is 145 Å². The van der Waals surface area contributed by atoms with Gasteiger partial charge in [-0.25, -0.2) is 0 Å². The molecule has 1 atom stereocenters. The number of hydrogen-bond acceptors (Lipinski definition) is 4. The van der Waals surface area contributed by atoms with Crippen LogP contribution in [0.5, 0.6) is 0 Å². The van der Waals surface area contributed by atoms with Gasteiger partial charge in [0.25, 0.3) is 5.91 Å². The summed E-state index contributed by atoms with van der Waals surface area (Å²) >= 11 is 1.40. The quantitative estimate of drug-likeness (QED) is 0.864. The van der Waals surface area contributed by atoms with Crippen molar-refractivity contribution in [1.82, 2.24) is 0 Å². The van der Waals surface area contributed by atoms with Gasteiger partial charge in [-0.3, -0.25) is 9.59 Å². The van der Waals surface area contributed by atoms with Crippen LogP contribution in [0, 0.1) is 0 Å². The van der Waals surface area contributed by atoms with Crippen LogP contribution in [-0.2, 0) is 9.53 Å². The van der Waals surface area contributed by atoms with Gasteiger partial charge in [-0.15, -0.1) is 11.3 Å². The molecule has 24 heavy (non-hydrogen) atoms. The number of rotatable bonds is 5. The molecule has 0 spiro atoms. The minimum absolute atomic E-state index is 0.0307. The molecule has 3 rings (SSSR count). The van der Waals surface area contributed by atoms with Crippen LogP contribution < -0.4 is 10.6 Å². The van der Waals surface area contributed by atoms with Crippen LogP contribution in [0.25, 0.3) is 0 Å². The largest absolute Gasteiger partial charge is 0.378 e. The van der Waals surface area contributed by atoms with Gasteiger partial charge in [0.1, 0.15) is 0 Å². The maximum atomic E-state index is 12.0. The Morgan fingerprint density at radius 1 is 1.08 bits per heavy atom. The Bertz CT molecular complexity index is 677. The predicted molar refractivity (Wildman–Crippen MR) is 95.6 cm³/mol. The third-order valence-electron chi connectivity index (χ3n) is 3.86. The molecular weight excluding hydrogens is 324 g/mol. The van der Waals surface area contributed by atoms with E-state index in [0.717, 1.165) is 25.9 Å². The van der Waals surface area contributed by atoms with Gasteiger partial charge in [0, 0.05) is 18.0 Å². The van der Waals surface area contributed by atoms with Gasteiger partial charge in [0.15, 0.2) is 0 Å². The zero-order valence-electron chi connectivity index (χ0n) is 13.3. The lowest BCUT2D eigenvalue weighted by atomic mass is 10.1. The first-order chi connectivity index (χ1) is 11.7. The Kier molecular flexibility index (Phi) is 5.61. The number of carbonyl (C=O) groups excluding carboxylic acids is 2. The van der Waals surface area contributed by atoms with E-state index < -0.39 is 0 Å². The van der Waals surface area contributed by atoms with E-state index >= 15 is 0 Å². The van der Waals surface area contributed by atoms with Crippen molar-refractivity contribution < 1.29 is 14.3 Å². The molecule has 5 nitrogen and oxygen atoms in total. The summed E-state index contributed by atoms with van der Waals surface area (Å²) in [4.78, 5) is 24.7. The van der Waals surface area contributed by atoms with Crippen molar-refractivity contribution in [3.05, 3.63) is 46.7 Å². The van der Waals surface area contributed by atoms with E-state index in [0.29, 0.717) is 22.7 Å². The molecule has 126 valence electrons. The average Bonchev–Trinajstić information content (AvgIpc) is 3.12. The minimum Gasteiger partial charge on any atom is -0.378 e. The van der Waals surface area contributed by atoms with Crippen LogP contribution in [0.4, 0.5) is 11.4 Å². The molecule has 1 aliphatic heterocycles. The molecule has 2 amide bonds. The Morgan fingerprint density at radius 2 is 1.83 bits per heavy atom. The molecule has 2 aromatic rings. The summed E-state index contributed by atoms with van der Waals surface area (Å²) in [6, 6.07) is 10.7. The molecule has 1 aromatic heterocycles. The van der Waals surface area contributed by atoms with E-state index in [2.05, 4.69) is 10.6 Å². The molecule has 0 aliphatic carbocycles. The second kappa shape index (κ2) is 8.08. The van der Waals surface area contributed by atoms with Crippen molar-refractivity contribution in [2.24, 2.45) is 0 Å². The van der Waals surface area contributed by atoms with Gasteiger partial charge < -0.3 is 15.4 Å². The fourth-order valence-corrected chi connectivity index (χ4v) is 3.24. The highest BCUT2D eigenvalue weighted by Gasteiger charge is 2.17. The Morgan fingerprint density at radius 3 is 2.46 bits per heavy atom. The second-order valence-electron chi connectivity index (χ2n) is 5.75. The molecule has 2 heterocycles. The standard InChI is InChI=1S/C18H20N2O3S/c21-17(12-15-4-1-2-10-23-15)19-13-6-8-14(9-7-13)20-18(22)16-5-3-11-24-16/h3,5-9,11,15H,1-2,4,10,12H2,(H,19,21)(H,20,22)/t15-/m0/s1. The minimum atomic E-state index is -0.128. The molecule has 2 N–H and O–H groups in total. The highest BCUT2D eigenvalue weighted by molar-refractivity contribution is 7.12. The lowest BCUT2D eigenvalue weighted by Crippen LogP contribution is -2.25. The third kappa shape index (κ3) is 4.66. The Balaban J connectivity index is 1.50. The second-order valence-corrected chi connectivity index (χ2v) is 6.70. The smallest absolute Gasteiger partial charge is 0.265 e. The summed E-state index contributed by atoms with van der Waals surface area (Å²) in [5.74, 6) is -0.173. The molecule has 1 aromatic carbocycles. The summed E-state index contributed by atoms with van der Waals surface area (Å²) < 4.78 is 5.58. The lowest BCUT2D eigenvalue weighted by Gasteiger charge is -2.21. The van der Waals surface area contributed by atoms with E-state index in [1.807, 2.05) is 11.4 Å². The monoisotopic (exact) mass is 344 g/mol. The van der Waals surface area contributed by atoms with Crippen LogP contribution in [0.15, 0.2) is 41.8 Å². The fraction of sp³-hybridized carbons (Fsp3) is 0.333. The molecule has 0 bridgehead atoms. The summed E-state index contributed by atoms with van der Waals surface area (Å²) in [6.07, 6.45) is 3.56. The summed E-state index contributed by atoms with van der Waals surface area (Å²) in [6.45, 7) is 0.747. The first-order valence-corrected chi connectivity index (χ1v) is 8.95. The number of anilines is 2. The zero-order valence-corrected chi connectivity index (χ0v) is 14.1. The Hall–Kier alpha value is -2.18. The third-order valence-corrected chi connectivity index (χ3v) is 4.73. The van der Waals surface area contributed by atoms with Crippen LogP contribution >= 0.6 is 11.3 Å². The van der Waals surface area contributed by atoms with Crippen molar-refractivity contribution >= 4 is 34.5 Å². The van der Waals surface area contributed by atoms with Gasteiger partial charge in [0.05, 0.1) is 17.4 Å². The molecule has 1 saturated heterocycles. The van der Waals surface area contributed by atoms with Crippen LogP contribution in [-0.4, -0.2) is 24.5 Å². The predicted octanol–water partition coefficient (Wildman–Crippen LogP) is 3.90. The normalized spacial score (nSPS) is 17.2. The summed E-state index contributed by atoms with van der Waals surface area (Å²) in [5, 5.41) is 7.56. The van der Waals surface area contributed by atoms with Crippen molar-refractivity contribution in [3.63, 3.8) is 0 Å². The number of thiophene rings is 1. The van der Waals surface area contributed by atoms with Gasteiger partial charge in [-0.2, -0.15) is 0 Å². The SMILES string of the molecule is O=C(C[C@@H]1CCCCO1)Nc1ccc(NC(=O)c2cccs2)cc1. The maximum Gasteiger partial charge on any atom is 0.265 e. The maximum absolute atomic E-state index is 12.0. The first kappa shape index (κ1) is 16.7. The topological polar surface area (TPSA) is 67.4 Å². The number of nitrogens with one attached hydrogen (secondary N) is 2.